The van der Waals surface area contributed by atoms with Crippen LogP contribution in [0.15, 0.2) is 15.0 Å². The van der Waals surface area contributed by atoms with Crippen LogP contribution in [-0.4, -0.2) is 84.1 Å². The molecule has 6 atom stereocenters. The second kappa shape index (κ2) is 5.09. The number of aliphatic hydroxyl groups is 2. The summed E-state index contributed by atoms with van der Waals surface area (Å²) in [5.74, 6) is 0.384. The molecule has 0 saturated carbocycles. The van der Waals surface area contributed by atoms with Gasteiger partial charge in [0.25, 0.3) is 0 Å². The quantitative estimate of drug-likeness (QED) is 0.526. The molecule has 9 nitrogen and oxygen atoms in total. The molecule has 110 valence electrons. The van der Waals surface area contributed by atoms with Gasteiger partial charge in [0.05, 0.1) is 12.9 Å². The minimum Gasteiger partial charge on any atom is -0.394 e. The lowest BCUT2D eigenvalue weighted by molar-refractivity contribution is -0.0854. The molecule has 0 radical (unpaired) electrons. The first-order valence-corrected chi connectivity index (χ1v) is 6.30. The molecule has 0 aliphatic carbocycles. The summed E-state index contributed by atoms with van der Waals surface area (Å²) in [7, 11) is 1.48. The van der Waals surface area contributed by atoms with Crippen LogP contribution in [0.1, 0.15) is 0 Å². The Morgan fingerprint density at radius 3 is 3.00 bits per heavy atom. The van der Waals surface area contributed by atoms with Gasteiger partial charge >= 0.3 is 0 Å². The first-order chi connectivity index (χ1) is 9.67. The first-order valence-electron chi connectivity index (χ1n) is 6.30. The minimum absolute atomic E-state index is 0.288. The van der Waals surface area contributed by atoms with E-state index < -0.39 is 24.5 Å². The van der Waals surface area contributed by atoms with Crippen LogP contribution in [-0.2, 0) is 9.47 Å². The fourth-order valence-electron chi connectivity index (χ4n) is 2.67. The van der Waals surface area contributed by atoms with E-state index in [4.69, 9.17) is 15.2 Å². The Morgan fingerprint density at radius 1 is 1.50 bits per heavy atom. The Morgan fingerprint density at radius 2 is 2.30 bits per heavy atom. The lowest BCUT2D eigenvalue weighted by Crippen LogP contribution is -2.51. The number of methoxy groups -OCH3 is 1. The predicted octanol–water partition coefficient (Wildman–Crippen LogP) is -2.48. The van der Waals surface area contributed by atoms with Gasteiger partial charge in [-0.3, -0.25) is 4.99 Å². The molecule has 4 N–H and O–H groups in total. The lowest BCUT2D eigenvalue weighted by Gasteiger charge is -2.32. The van der Waals surface area contributed by atoms with Gasteiger partial charge in [0.2, 0.25) is 0 Å². The molecule has 0 aromatic rings. The van der Waals surface area contributed by atoms with Crippen molar-refractivity contribution in [2.24, 2.45) is 20.7 Å². The second-order valence-corrected chi connectivity index (χ2v) is 4.83. The Hall–Kier alpha value is -1.55. The van der Waals surface area contributed by atoms with E-state index in [2.05, 4.69) is 15.0 Å². The van der Waals surface area contributed by atoms with Gasteiger partial charge in [-0.05, 0) is 0 Å². The maximum absolute atomic E-state index is 10.1. The number of rotatable bonds is 3. The maximum Gasteiger partial charge on any atom is 0.162 e. The van der Waals surface area contributed by atoms with Crippen molar-refractivity contribution in [2.45, 2.75) is 36.7 Å². The summed E-state index contributed by atoms with van der Waals surface area (Å²) in [4.78, 5) is 14.2. The zero-order chi connectivity index (χ0) is 14.3. The second-order valence-electron chi connectivity index (χ2n) is 4.83. The van der Waals surface area contributed by atoms with Crippen LogP contribution >= 0.6 is 0 Å². The molecule has 0 aromatic heterocycles. The van der Waals surface area contributed by atoms with Crippen LogP contribution < -0.4 is 5.73 Å². The van der Waals surface area contributed by atoms with E-state index >= 15 is 0 Å². The summed E-state index contributed by atoms with van der Waals surface area (Å²) in [5, 5.41) is 19.3. The zero-order valence-electron chi connectivity index (χ0n) is 10.9. The summed E-state index contributed by atoms with van der Waals surface area (Å²) < 4.78 is 10.9. The van der Waals surface area contributed by atoms with Gasteiger partial charge < -0.3 is 30.3 Å². The van der Waals surface area contributed by atoms with Crippen LogP contribution in [0.2, 0.25) is 0 Å². The Labute approximate surface area is 115 Å². The average Bonchev–Trinajstić information content (AvgIpc) is 3.00. The van der Waals surface area contributed by atoms with Gasteiger partial charge in [0, 0.05) is 7.11 Å². The predicted molar refractivity (Wildman–Crippen MR) is 70.6 cm³/mol. The van der Waals surface area contributed by atoms with Crippen molar-refractivity contribution < 1.29 is 19.7 Å². The molecular formula is C11H17N5O4. The van der Waals surface area contributed by atoms with E-state index in [1.165, 1.54) is 13.4 Å². The molecule has 0 bridgehead atoms. The van der Waals surface area contributed by atoms with Crippen LogP contribution in [0.5, 0.6) is 0 Å². The van der Waals surface area contributed by atoms with Gasteiger partial charge in [-0.1, -0.05) is 0 Å². The van der Waals surface area contributed by atoms with Crippen molar-refractivity contribution in [1.82, 2.24) is 4.90 Å². The molecule has 0 spiro atoms. The third-order valence-corrected chi connectivity index (χ3v) is 3.74. The molecule has 1 fully saturated rings. The maximum atomic E-state index is 10.1. The van der Waals surface area contributed by atoms with E-state index in [9.17, 15) is 10.2 Å². The molecule has 3 heterocycles. The number of aliphatic imine (C=N–C) groups is 3. The van der Waals surface area contributed by atoms with Crippen LogP contribution in [0.4, 0.5) is 0 Å². The summed E-state index contributed by atoms with van der Waals surface area (Å²) in [6.07, 6.45) is -0.211. The van der Waals surface area contributed by atoms with E-state index in [1.54, 1.807) is 11.2 Å². The molecule has 9 heteroatoms. The summed E-state index contributed by atoms with van der Waals surface area (Å²) in [6, 6.07) is -0.355. The molecule has 0 amide bonds. The number of amidine groups is 1. The van der Waals surface area contributed by atoms with Gasteiger partial charge in [0.15, 0.2) is 12.4 Å². The fraction of sp³-hybridized carbons (Fsp3) is 0.727. The van der Waals surface area contributed by atoms with Crippen molar-refractivity contribution in [3.05, 3.63) is 0 Å². The number of ether oxygens (including phenoxy) is 2. The summed E-state index contributed by atoms with van der Waals surface area (Å²) in [5.41, 5.74) is 5.79. The van der Waals surface area contributed by atoms with E-state index in [0.29, 0.717) is 5.84 Å². The number of nitrogens with zero attached hydrogens (tertiary/aromatic N) is 4. The van der Waals surface area contributed by atoms with Crippen LogP contribution in [0.3, 0.4) is 0 Å². The fourth-order valence-corrected chi connectivity index (χ4v) is 2.67. The minimum atomic E-state index is -0.916. The van der Waals surface area contributed by atoms with Crippen molar-refractivity contribution >= 4 is 18.5 Å². The van der Waals surface area contributed by atoms with Gasteiger partial charge in [0.1, 0.15) is 36.5 Å². The van der Waals surface area contributed by atoms with Crippen molar-refractivity contribution in [1.29, 1.82) is 0 Å². The van der Waals surface area contributed by atoms with Crippen molar-refractivity contribution in [2.75, 3.05) is 13.7 Å². The Bertz CT molecular complexity index is 468. The SMILES string of the molecule is COC1[C@@H](O)[C@@H](CO)O[C@H]1N1C=NC2C(N)=NC=NC21. The number of aliphatic hydroxyl groups excluding tert-OH is 2. The summed E-state index contributed by atoms with van der Waals surface area (Å²) in [6.45, 7) is -0.288. The molecular weight excluding hydrogens is 266 g/mol. The smallest absolute Gasteiger partial charge is 0.162 e. The molecule has 3 aliphatic rings. The molecule has 3 unspecified atom stereocenters. The molecule has 0 aromatic carbocycles. The van der Waals surface area contributed by atoms with E-state index in [-0.39, 0.29) is 18.8 Å². The van der Waals surface area contributed by atoms with Gasteiger partial charge in [-0.2, -0.15) is 0 Å². The number of hydrogen-bond donors (Lipinski definition) is 3. The zero-order valence-corrected chi connectivity index (χ0v) is 10.9. The van der Waals surface area contributed by atoms with Crippen LogP contribution in [0.25, 0.3) is 0 Å². The highest BCUT2D eigenvalue weighted by Gasteiger charge is 2.50. The topological polar surface area (TPSA) is 125 Å². The van der Waals surface area contributed by atoms with Crippen LogP contribution in [0, 0.1) is 0 Å². The molecule has 20 heavy (non-hydrogen) atoms. The normalized spacial score (nSPS) is 43.0. The number of fused-ring (bicyclic) bond motifs is 1. The Balaban J connectivity index is 1.82. The highest BCUT2D eigenvalue weighted by Crippen LogP contribution is 2.30. The third kappa shape index (κ3) is 1.90. The highest BCUT2D eigenvalue weighted by atomic mass is 16.6. The van der Waals surface area contributed by atoms with Crippen molar-refractivity contribution in [3.63, 3.8) is 0 Å². The average molecular weight is 283 g/mol. The summed E-state index contributed by atoms with van der Waals surface area (Å²) >= 11 is 0. The molecule has 3 aliphatic heterocycles. The van der Waals surface area contributed by atoms with Gasteiger partial charge in [-0.15, -0.1) is 0 Å². The van der Waals surface area contributed by atoms with Crippen molar-refractivity contribution in [3.8, 4) is 0 Å². The largest absolute Gasteiger partial charge is 0.394 e. The van der Waals surface area contributed by atoms with E-state index in [1.807, 2.05) is 0 Å². The number of hydrogen-bond acceptors (Lipinski definition) is 9. The molecule has 3 rings (SSSR count). The monoisotopic (exact) mass is 283 g/mol. The lowest BCUT2D eigenvalue weighted by atomic mass is 10.1. The first kappa shape index (κ1) is 13.4. The standard InChI is InChI=1S/C11H17N5O4/c1-19-8-7(18)5(2-17)20-11(8)16-4-15-6-9(12)13-3-14-10(6)16/h3-8,10-11,17-18H,2H2,1H3,(H2,12,13,14)/t5-,6?,7+,8?,10?,11-/m1/s1. The van der Waals surface area contributed by atoms with E-state index in [0.717, 1.165) is 0 Å². The Kier molecular flexibility index (Phi) is 3.42. The van der Waals surface area contributed by atoms with Gasteiger partial charge in [-0.25, -0.2) is 9.98 Å². The molecule has 1 saturated heterocycles. The third-order valence-electron chi connectivity index (χ3n) is 3.74. The highest BCUT2D eigenvalue weighted by molar-refractivity contribution is 5.96. The number of nitrogens with two attached hydrogens (primary N) is 1.